The van der Waals surface area contributed by atoms with E-state index in [0.717, 1.165) is 11.3 Å². The van der Waals surface area contributed by atoms with E-state index in [0.29, 0.717) is 18.2 Å². The van der Waals surface area contributed by atoms with E-state index in [9.17, 15) is 4.79 Å². The van der Waals surface area contributed by atoms with Gasteiger partial charge in [-0.2, -0.15) is 0 Å². The first-order chi connectivity index (χ1) is 9.47. The average Bonchev–Trinajstić information content (AvgIpc) is 2.78. The molecule has 1 heterocycles. The number of anilines is 1. The van der Waals surface area contributed by atoms with Gasteiger partial charge in [-0.15, -0.1) is 0 Å². The van der Waals surface area contributed by atoms with Gasteiger partial charge in [-0.1, -0.05) is 26.0 Å². The highest BCUT2D eigenvalue weighted by Crippen LogP contribution is 2.19. The van der Waals surface area contributed by atoms with Crippen LogP contribution in [0.15, 0.2) is 34.7 Å². The molecule has 0 bridgehead atoms. The molecule has 0 saturated carbocycles. The van der Waals surface area contributed by atoms with Crippen LogP contribution in [0, 0.1) is 6.92 Å². The van der Waals surface area contributed by atoms with Gasteiger partial charge in [0.05, 0.1) is 0 Å². The van der Waals surface area contributed by atoms with Crippen molar-refractivity contribution >= 4 is 11.7 Å². The minimum absolute atomic E-state index is 0.0190. The summed E-state index contributed by atoms with van der Waals surface area (Å²) in [6.07, 6.45) is 0. The van der Waals surface area contributed by atoms with Crippen molar-refractivity contribution in [1.29, 1.82) is 0 Å². The zero-order chi connectivity index (χ0) is 14.7. The van der Waals surface area contributed by atoms with Gasteiger partial charge in [-0.25, -0.2) is 4.79 Å². The first-order valence-corrected chi connectivity index (χ1v) is 6.64. The smallest absolute Gasteiger partial charge is 0.371 e. The number of aryl methyl sites for hydroxylation is 1. The molecule has 20 heavy (non-hydrogen) atoms. The summed E-state index contributed by atoms with van der Waals surface area (Å²) in [4.78, 5) is 10.8. The van der Waals surface area contributed by atoms with Crippen molar-refractivity contribution in [1.82, 2.24) is 0 Å². The van der Waals surface area contributed by atoms with Crippen LogP contribution in [0.1, 0.15) is 47.2 Å². The standard InChI is InChI=1S/C16H19NO3/c1-10(2)12-4-6-14(7-5-12)17-9-13-8-15(16(18)19)20-11(13)3/h4-8,10,17H,9H2,1-3H3,(H,18,19). The third kappa shape index (κ3) is 3.20. The van der Waals surface area contributed by atoms with Crippen molar-refractivity contribution in [2.24, 2.45) is 0 Å². The molecule has 106 valence electrons. The molecular formula is C16H19NO3. The average molecular weight is 273 g/mol. The molecule has 0 amide bonds. The number of benzene rings is 1. The molecule has 2 aromatic rings. The summed E-state index contributed by atoms with van der Waals surface area (Å²) in [5.41, 5.74) is 3.16. The molecule has 0 atom stereocenters. The molecule has 2 rings (SSSR count). The van der Waals surface area contributed by atoms with Crippen molar-refractivity contribution in [2.75, 3.05) is 5.32 Å². The van der Waals surface area contributed by atoms with E-state index in [1.54, 1.807) is 13.0 Å². The predicted molar refractivity (Wildman–Crippen MR) is 78.3 cm³/mol. The summed E-state index contributed by atoms with van der Waals surface area (Å²) in [6, 6.07) is 9.81. The first kappa shape index (κ1) is 14.2. The lowest BCUT2D eigenvalue weighted by Crippen LogP contribution is -2.00. The molecule has 0 aliphatic heterocycles. The predicted octanol–water partition coefficient (Wildman–Crippen LogP) is 4.02. The minimum Gasteiger partial charge on any atom is -0.475 e. The van der Waals surface area contributed by atoms with Crippen LogP contribution in [-0.2, 0) is 6.54 Å². The van der Waals surface area contributed by atoms with Crippen molar-refractivity contribution in [3.8, 4) is 0 Å². The highest BCUT2D eigenvalue weighted by molar-refractivity contribution is 5.84. The van der Waals surface area contributed by atoms with E-state index in [4.69, 9.17) is 9.52 Å². The quantitative estimate of drug-likeness (QED) is 0.863. The van der Waals surface area contributed by atoms with Crippen molar-refractivity contribution < 1.29 is 14.3 Å². The van der Waals surface area contributed by atoms with Gasteiger partial charge < -0.3 is 14.8 Å². The van der Waals surface area contributed by atoms with E-state index in [2.05, 4.69) is 31.3 Å². The maximum atomic E-state index is 10.8. The van der Waals surface area contributed by atoms with E-state index < -0.39 is 5.97 Å². The number of aromatic carboxylic acids is 1. The molecular weight excluding hydrogens is 254 g/mol. The highest BCUT2D eigenvalue weighted by atomic mass is 16.4. The number of carbonyl (C=O) groups is 1. The summed E-state index contributed by atoms with van der Waals surface area (Å²) in [5, 5.41) is 12.1. The molecule has 1 aromatic heterocycles. The van der Waals surface area contributed by atoms with Gasteiger partial charge in [0.2, 0.25) is 5.76 Å². The van der Waals surface area contributed by atoms with Crippen LogP contribution in [0.3, 0.4) is 0 Å². The van der Waals surface area contributed by atoms with Crippen LogP contribution in [0.5, 0.6) is 0 Å². The van der Waals surface area contributed by atoms with Crippen LogP contribution in [0.4, 0.5) is 5.69 Å². The second-order valence-electron chi connectivity index (χ2n) is 5.13. The molecule has 4 nitrogen and oxygen atoms in total. The fourth-order valence-electron chi connectivity index (χ4n) is 1.98. The maximum Gasteiger partial charge on any atom is 0.371 e. The molecule has 0 spiro atoms. The van der Waals surface area contributed by atoms with Crippen molar-refractivity contribution in [3.05, 3.63) is 53.0 Å². The Kier molecular flexibility index (Phi) is 4.13. The van der Waals surface area contributed by atoms with E-state index in [1.165, 1.54) is 5.56 Å². The van der Waals surface area contributed by atoms with E-state index in [1.807, 2.05) is 12.1 Å². The lowest BCUT2D eigenvalue weighted by Gasteiger charge is -2.08. The molecule has 0 unspecified atom stereocenters. The second kappa shape index (κ2) is 5.82. The van der Waals surface area contributed by atoms with Gasteiger partial charge in [0.1, 0.15) is 5.76 Å². The molecule has 0 fully saturated rings. The number of carboxylic acids is 1. The Balaban J connectivity index is 2.03. The zero-order valence-electron chi connectivity index (χ0n) is 11.9. The number of hydrogen-bond acceptors (Lipinski definition) is 3. The molecule has 0 radical (unpaired) electrons. The summed E-state index contributed by atoms with van der Waals surface area (Å²) in [5.74, 6) is 0.0853. The molecule has 0 aliphatic rings. The number of nitrogens with one attached hydrogen (secondary N) is 1. The molecule has 0 aliphatic carbocycles. The topological polar surface area (TPSA) is 62.5 Å². The Morgan fingerprint density at radius 2 is 1.95 bits per heavy atom. The Morgan fingerprint density at radius 3 is 2.45 bits per heavy atom. The van der Waals surface area contributed by atoms with Gasteiger partial charge >= 0.3 is 5.97 Å². The van der Waals surface area contributed by atoms with E-state index >= 15 is 0 Å². The summed E-state index contributed by atoms with van der Waals surface area (Å²) < 4.78 is 5.18. The van der Waals surface area contributed by atoms with Crippen molar-refractivity contribution in [3.63, 3.8) is 0 Å². The monoisotopic (exact) mass is 273 g/mol. The lowest BCUT2D eigenvalue weighted by atomic mass is 10.0. The Labute approximate surface area is 118 Å². The van der Waals surface area contributed by atoms with Gasteiger partial charge in [0.15, 0.2) is 0 Å². The molecule has 0 saturated heterocycles. The van der Waals surface area contributed by atoms with Crippen LogP contribution in [-0.4, -0.2) is 11.1 Å². The second-order valence-corrected chi connectivity index (χ2v) is 5.13. The van der Waals surface area contributed by atoms with Crippen LogP contribution in [0.2, 0.25) is 0 Å². The summed E-state index contributed by atoms with van der Waals surface area (Å²) in [7, 11) is 0. The Hall–Kier alpha value is -2.23. The lowest BCUT2D eigenvalue weighted by molar-refractivity contribution is 0.0661. The van der Waals surface area contributed by atoms with Crippen LogP contribution >= 0.6 is 0 Å². The maximum absolute atomic E-state index is 10.8. The molecule has 1 aromatic carbocycles. The van der Waals surface area contributed by atoms with E-state index in [-0.39, 0.29) is 5.76 Å². The first-order valence-electron chi connectivity index (χ1n) is 6.64. The number of hydrogen-bond donors (Lipinski definition) is 2. The van der Waals surface area contributed by atoms with Gasteiger partial charge in [-0.3, -0.25) is 0 Å². The number of rotatable bonds is 5. The SMILES string of the molecule is Cc1oc(C(=O)O)cc1CNc1ccc(C(C)C)cc1. The fourth-order valence-corrected chi connectivity index (χ4v) is 1.98. The minimum atomic E-state index is -1.04. The summed E-state index contributed by atoms with van der Waals surface area (Å²) >= 11 is 0. The zero-order valence-corrected chi connectivity index (χ0v) is 11.9. The summed E-state index contributed by atoms with van der Waals surface area (Å²) in [6.45, 7) is 6.63. The highest BCUT2D eigenvalue weighted by Gasteiger charge is 2.12. The normalized spacial score (nSPS) is 10.8. The van der Waals surface area contributed by atoms with Crippen LogP contribution in [0.25, 0.3) is 0 Å². The number of carboxylic acid groups (broad SMARTS) is 1. The third-order valence-corrected chi connectivity index (χ3v) is 3.29. The molecule has 2 N–H and O–H groups in total. The molecule has 4 heteroatoms. The van der Waals surface area contributed by atoms with Crippen LogP contribution < -0.4 is 5.32 Å². The van der Waals surface area contributed by atoms with Gasteiger partial charge in [0.25, 0.3) is 0 Å². The fraction of sp³-hybridized carbons (Fsp3) is 0.312. The largest absolute Gasteiger partial charge is 0.475 e. The van der Waals surface area contributed by atoms with Gasteiger partial charge in [-0.05, 0) is 36.6 Å². The van der Waals surface area contributed by atoms with Crippen molar-refractivity contribution in [2.45, 2.75) is 33.2 Å². The Morgan fingerprint density at radius 1 is 1.30 bits per heavy atom. The number of furan rings is 1. The third-order valence-electron chi connectivity index (χ3n) is 3.29. The van der Waals surface area contributed by atoms with Gasteiger partial charge in [0, 0.05) is 17.8 Å². The Bertz CT molecular complexity index is 597.